The van der Waals surface area contributed by atoms with Crippen molar-refractivity contribution in [2.75, 3.05) is 105 Å². The summed E-state index contributed by atoms with van der Waals surface area (Å²) in [6.07, 6.45) is 13.6. The van der Waals surface area contributed by atoms with Gasteiger partial charge in [-0.25, -0.2) is 0 Å². The maximum atomic E-state index is 8.70. The number of aliphatic hydroxyl groups is 10. The standard InChI is InChI=1S/C6H13NO.C6H15NO.C5H13NO2.3C5H13NO.C4H11NO2.2C4H11NO/c7-6(5-8)3-1-2-4-6;7-5-3-1-2-4-6-8;1-2-5(6,3-7)4-8;1-5(2,3-6)4-7;1-4(2)5(6)3-7;6-4-2-1-3-5-7;5-1-3-7-4-2-6;1-2-4(5)3-6;1-2-4(6)3-5/h8H,1-5,7H2;8H,1-7H2;7-8H,2-4,6H2,1H3;7H,3-4,6H2,1-2H3;4-5,7H,3,6H2,1-2H3;7H,1-6H2;6H,1-5H2;2*4,6H,2-3,5H2,1H3. The maximum Gasteiger partial charge on any atom is 0.0698 e. The average molecular weight is 944 g/mol. The second-order valence-electron chi connectivity index (χ2n) is 16.6. The number of unbranched alkanes of at least 4 members (excludes halogenated alkanes) is 5. The van der Waals surface area contributed by atoms with Crippen molar-refractivity contribution in [3.63, 3.8) is 0 Å². The van der Waals surface area contributed by atoms with Crippen LogP contribution in [0.25, 0.3) is 0 Å². The first-order valence-electron chi connectivity index (χ1n) is 23.4. The van der Waals surface area contributed by atoms with E-state index in [0.717, 1.165) is 83.7 Å². The summed E-state index contributed by atoms with van der Waals surface area (Å²) in [4.78, 5) is 0. The van der Waals surface area contributed by atoms with E-state index in [0.29, 0.717) is 58.4 Å². The molecule has 0 saturated heterocycles. The van der Waals surface area contributed by atoms with Crippen LogP contribution in [0.15, 0.2) is 0 Å². The topological polar surface area (TPSA) is 446 Å². The first-order valence-corrected chi connectivity index (χ1v) is 23.4. The molecule has 0 aliphatic heterocycles. The highest BCUT2D eigenvalue weighted by Crippen LogP contribution is 2.25. The van der Waals surface area contributed by atoms with Gasteiger partial charge in [-0.15, -0.1) is 0 Å². The van der Waals surface area contributed by atoms with Crippen LogP contribution in [0.5, 0.6) is 0 Å². The van der Waals surface area contributed by atoms with Gasteiger partial charge in [-0.3, -0.25) is 0 Å². The van der Waals surface area contributed by atoms with Gasteiger partial charge in [0.15, 0.2) is 0 Å². The van der Waals surface area contributed by atoms with Gasteiger partial charge in [0.05, 0.1) is 64.5 Å². The van der Waals surface area contributed by atoms with Crippen LogP contribution in [-0.2, 0) is 4.74 Å². The van der Waals surface area contributed by atoms with E-state index in [1.54, 1.807) is 0 Å². The third kappa shape index (κ3) is 78.4. The largest absolute Gasteiger partial charge is 0.396 e. The van der Waals surface area contributed by atoms with E-state index in [-0.39, 0.29) is 75.4 Å². The van der Waals surface area contributed by atoms with Crippen LogP contribution < -0.4 is 51.6 Å². The number of hydrogen-bond donors (Lipinski definition) is 19. The Morgan fingerprint density at radius 2 is 1.06 bits per heavy atom. The van der Waals surface area contributed by atoms with Crippen molar-refractivity contribution >= 4 is 0 Å². The summed E-state index contributed by atoms with van der Waals surface area (Å²) in [5.74, 6) is 0.394. The van der Waals surface area contributed by atoms with Crippen molar-refractivity contribution < 1.29 is 55.8 Å². The molecule has 3 atom stereocenters. The molecule has 1 fully saturated rings. The molecule has 0 radical (unpaired) electrons. The van der Waals surface area contributed by atoms with Crippen molar-refractivity contribution in [1.29, 1.82) is 0 Å². The van der Waals surface area contributed by atoms with Gasteiger partial charge < -0.3 is 107 Å². The van der Waals surface area contributed by atoms with Crippen LogP contribution in [0.3, 0.4) is 0 Å². The molecule has 20 heteroatoms. The molecule has 1 saturated carbocycles. The van der Waals surface area contributed by atoms with Gasteiger partial charge >= 0.3 is 0 Å². The Bertz CT molecular complexity index is 718. The summed E-state index contributed by atoms with van der Waals surface area (Å²) >= 11 is 0. The van der Waals surface area contributed by atoms with E-state index in [4.69, 9.17) is 107 Å². The molecule has 0 aromatic rings. The third-order valence-electron chi connectivity index (χ3n) is 9.27. The Morgan fingerprint density at radius 3 is 1.22 bits per heavy atom. The molecule has 64 heavy (non-hydrogen) atoms. The van der Waals surface area contributed by atoms with Crippen molar-refractivity contribution in [2.24, 2.45) is 62.9 Å². The highest BCUT2D eigenvalue weighted by atomic mass is 16.5. The fourth-order valence-electron chi connectivity index (χ4n) is 3.37. The molecule has 0 spiro atoms. The highest BCUT2D eigenvalue weighted by molar-refractivity contribution is 4.88. The van der Waals surface area contributed by atoms with Gasteiger partial charge in [0.25, 0.3) is 0 Å². The monoisotopic (exact) mass is 944 g/mol. The Kier molecular flexibility index (Phi) is 80.6. The van der Waals surface area contributed by atoms with Gasteiger partial charge in [-0.1, -0.05) is 74.1 Å². The smallest absolute Gasteiger partial charge is 0.0698 e. The zero-order valence-corrected chi connectivity index (χ0v) is 42.1. The highest BCUT2D eigenvalue weighted by Gasteiger charge is 2.27. The van der Waals surface area contributed by atoms with Crippen LogP contribution in [0.1, 0.15) is 138 Å². The lowest BCUT2D eigenvalue weighted by Crippen LogP contribution is -2.46. The number of aliphatic hydroxyl groups excluding tert-OH is 10. The van der Waals surface area contributed by atoms with E-state index in [9.17, 15) is 0 Å². The summed E-state index contributed by atoms with van der Waals surface area (Å²) < 4.78 is 4.76. The van der Waals surface area contributed by atoms with E-state index < -0.39 is 5.54 Å². The van der Waals surface area contributed by atoms with Crippen LogP contribution in [0.4, 0.5) is 0 Å². The van der Waals surface area contributed by atoms with E-state index in [1.165, 1.54) is 12.8 Å². The summed E-state index contributed by atoms with van der Waals surface area (Å²) in [5, 5.41) is 84.1. The van der Waals surface area contributed by atoms with Crippen LogP contribution in [0.2, 0.25) is 0 Å². The number of ether oxygens (including phenoxy) is 1. The summed E-state index contributed by atoms with van der Waals surface area (Å²) in [6, 6.07) is -0.0509. The fourth-order valence-corrected chi connectivity index (χ4v) is 3.37. The maximum absolute atomic E-state index is 8.70. The van der Waals surface area contributed by atoms with Crippen molar-refractivity contribution in [3.05, 3.63) is 0 Å². The average Bonchev–Trinajstić information content (AvgIpc) is 3.77. The van der Waals surface area contributed by atoms with Gasteiger partial charge in [0, 0.05) is 55.9 Å². The van der Waals surface area contributed by atoms with Gasteiger partial charge in [-0.05, 0) is 89.8 Å². The van der Waals surface area contributed by atoms with Crippen molar-refractivity contribution in [1.82, 2.24) is 0 Å². The molecule has 1 rings (SSSR count). The molecule has 0 bridgehead atoms. The van der Waals surface area contributed by atoms with Crippen LogP contribution >= 0.6 is 0 Å². The van der Waals surface area contributed by atoms with E-state index in [1.807, 2.05) is 48.5 Å². The molecular formula is C44H113N9O11. The molecule has 400 valence electrons. The zero-order valence-electron chi connectivity index (χ0n) is 42.1. The molecule has 0 amide bonds. The summed E-state index contributed by atoms with van der Waals surface area (Å²) in [7, 11) is 0. The van der Waals surface area contributed by atoms with Crippen molar-refractivity contribution in [3.8, 4) is 0 Å². The molecule has 1 aliphatic rings. The van der Waals surface area contributed by atoms with Gasteiger partial charge in [-0.2, -0.15) is 0 Å². The molecule has 0 aromatic heterocycles. The SMILES string of the molecule is CC(C)(CN)CO.CC(C)C(N)CO.CCC(N)(CO)CO.CCC(N)CO.CCC(O)CN.NC1(CO)CCCC1.NCCCCCCO.NCCCCCO.NCCOCCO. The number of hydrogen-bond acceptors (Lipinski definition) is 20. The van der Waals surface area contributed by atoms with Crippen LogP contribution in [-0.4, -0.2) is 186 Å². The quantitative estimate of drug-likeness (QED) is 0.0451. The van der Waals surface area contributed by atoms with Gasteiger partial charge in [0.2, 0.25) is 0 Å². The van der Waals surface area contributed by atoms with Gasteiger partial charge in [0.1, 0.15) is 0 Å². The molecule has 0 aromatic carbocycles. The Morgan fingerprint density at radius 1 is 0.609 bits per heavy atom. The number of nitrogens with two attached hydrogens (primary N) is 9. The lowest BCUT2D eigenvalue weighted by Gasteiger charge is -2.21. The second-order valence-corrected chi connectivity index (χ2v) is 16.6. The lowest BCUT2D eigenvalue weighted by molar-refractivity contribution is 0.0976. The normalized spacial score (nSPS) is 13.7. The Hall–Kier alpha value is -0.800. The molecule has 20 nitrogen and oxygen atoms in total. The first kappa shape index (κ1) is 80.2. The Balaban J connectivity index is -0.0000000921. The predicted octanol–water partition coefficient (Wildman–Crippen LogP) is -1.75. The van der Waals surface area contributed by atoms with E-state index >= 15 is 0 Å². The minimum atomic E-state index is -0.764. The minimum absolute atomic E-state index is 0.00926. The first-order chi connectivity index (χ1) is 30.1. The fraction of sp³-hybridized carbons (Fsp3) is 1.00. The third-order valence-corrected chi connectivity index (χ3v) is 9.27. The molecule has 1 aliphatic carbocycles. The van der Waals surface area contributed by atoms with E-state index in [2.05, 4.69) is 0 Å². The minimum Gasteiger partial charge on any atom is -0.396 e. The summed E-state index contributed by atoms with van der Waals surface area (Å²) in [5.41, 5.74) is 46.4. The molecule has 0 heterocycles. The lowest BCUT2D eigenvalue weighted by atomic mass is 9.96. The molecule has 28 N–H and O–H groups in total. The number of rotatable bonds is 25. The van der Waals surface area contributed by atoms with Crippen molar-refractivity contribution in [2.45, 2.75) is 168 Å². The zero-order chi connectivity index (χ0) is 51.7. The van der Waals surface area contributed by atoms with Crippen LogP contribution in [0, 0.1) is 11.3 Å². The summed E-state index contributed by atoms with van der Waals surface area (Å²) in [6.45, 7) is 18.4. The second kappa shape index (κ2) is 64.3. The molecule has 3 unspecified atom stereocenters. The Labute approximate surface area is 391 Å². The predicted molar refractivity (Wildman–Crippen MR) is 266 cm³/mol. The molecular weight excluding hydrogens is 831 g/mol.